The molecule has 0 saturated heterocycles. The molecule has 0 bridgehead atoms. The fourth-order valence-electron chi connectivity index (χ4n) is 0.993. The highest BCUT2D eigenvalue weighted by Gasteiger charge is 2.02. The van der Waals surface area contributed by atoms with Gasteiger partial charge < -0.3 is 15.2 Å². The number of alkyl carbamates (subject to hydrolysis) is 1. The van der Waals surface area contributed by atoms with Crippen LogP contribution < -0.4 is 5.32 Å². The summed E-state index contributed by atoms with van der Waals surface area (Å²) < 4.78 is 4.88. The number of hydrogen-bond donors (Lipinski definition) is 2. The normalized spacial score (nSPS) is 11.6. The van der Waals surface area contributed by atoms with Gasteiger partial charge in [-0.25, -0.2) is 4.79 Å². The van der Waals surface area contributed by atoms with Gasteiger partial charge in [-0.15, -0.1) is 0 Å². The van der Waals surface area contributed by atoms with E-state index in [1.807, 2.05) is 11.9 Å². The summed E-state index contributed by atoms with van der Waals surface area (Å²) >= 11 is 0. The van der Waals surface area contributed by atoms with Crippen LogP contribution in [0.2, 0.25) is 0 Å². The lowest BCUT2D eigenvalue weighted by atomic mass is 10.3. The molecule has 5 heteroatoms. The molecule has 0 aliphatic heterocycles. The molecule has 0 spiro atoms. The van der Waals surface area contributed by atoms with Crippen molar-refractivity contribution < 1.29 is 14.6 Å². The van der Waals surface area contributed by atoms with Gasteiger partial charge in [0.1, 0.15) is 0 Å². The molecule has 1 atom stereocenters. The van der Waals surface area contributed by atoms with E-state index in [4.69, 9.17) is 9.84 Å². The smallest absolute Gasteiger partial charge is 0.408 e. The second kappa shape index (κ2) is 9.01. The maximum absolute atomic E-state index is 10.8. The van der Waals surface area contributed by atoms with Gasteiger partial charge in [0.2, 0.25) is 0 Å². The Morgan fingerprint density at radius 1 is 1.62 bits per heavy atom. The van der Waals surface area contributed by atoms with Crippen molar-refractivity contribution in [2.45, 2.75) is 19.4 Å². The van der Waals surface area contributed by atoms with E-state index in [0.29, 0.717) is 6.54 Å². The third-order valence-corrected chi connectivity index (χ3v) is 1.84. The molecule has 0 fully saturated rings. The first-order chi connectivity index (χ1) is 7.60. The zero-order valence-electron chi connectivity index (χ0n) is 10.1. The monoisotopic (exact) mass is 228 g/mol. The zero-order valence-corrected chi connectivity index (χ0v) is 10.1. The third-order valence-electron chi connectivity index (χ3n) is 1.84. The topological polar surface area (TPSA) is 61.8 Å². The lowest BCUT2D eigenvalue weighted by Crippen LogP contribution is -2.24. The Balaban J connectivity index is 3.78. The second-order valence-corrected chi connectivity index (χ2v) is 3.43. The van der Waals surface area contributed by atoms with Crippen LogP contribution in [0.1, 0.15) is 13.3 Å². The second-order valence-electron chi connectivity index (χ2n) is 3.43. The Labute approximate surface area is 96.8 Å². The van der Waals surface area contributed by atoms with Crippen molar-refractivity contribution in [1.82, 2.24) is 10.2 Å². The lowest BCUT2D eigenvalue weighted by Gasteiger charge is -2.11. The number of carbonyl (C=O) groups is 1. The van der Waals surface area contributed by atoms with Crippen molar-refractivity contribution in [3.63, 3.8) is 0 Å². The highest BCUT2D eigenvalue weighted by molar-refractivity contribution is 5.67. The number of nitrogens with zero attached hydrogens (tertiary/aromatic N) is 1. The molecular weight excluding hydrogens is 208 g/mol. The highest BCUT2D eigenvalue weighted by Crippen LogP contribution is 1.89. The summed E-state index contributed by atoms with van der Waals surface area (Å²) in [6.07, 6.45) is -0.149. The maximum Gasteiger partial charge on any atom is 0.408 e. The van der Waals surface area contributed by atoms with E-state index < -0.39 is 12.2 Å². The van der Waals surface area contributed by atoms with Gasteiger partial charge in [0.05, 0.1) is 6.54 Å². The van der Waals surface area contributed by atoms with Gasteiger partial charge in [-0.2, -0.15) is 0 Å². The van der Waals surface area contributed by atoms with Gasteiger partial charge in [-0.1, -0.05) is 11.8 Å². The molecule has 16 heavy (non-hydrogen) atoms. The van der Waals surface area contributed by atoms with E-state index in [9.17, 15) is 4.79 Å². The molecule has 0 rings (SSSR count). The average Bonchev–Trinajstić information content (AvgIpc) is 2.26. The van der Waals surface area contributed by atoms with E-state index in [1.54, 1.807) is 6.92 Å². The molecule has 0 aliphatic carbocycles. The van der Waals surface area contributed by atoms with Crippen LogP contribution in [0.15, 0.2) is 0 Å². The molecule has 0 aliphatic rings. The Hall–Kier alpha value is -1.25. The lowest BCUT2D eigenvalue weighted by molar-refractivity contribution is 0.132. The van der Waals surface area contributed by atoms with Crippen molar-refractivity contribution in [2.75, 3.05) is 33.8 Å². The van der Waals surface area contributed by atoms with Crippen molar-refractivity contribution in [1.29, 1.82) is 0 Å². The van der Waals surface area contributed by atoms with E-state index >= 15 is 0 Å². The third kappa shape index (κ3) is 8.09. The van der Waals surface area contributed by atoms with Gasteiger partial charge in [0.15, 0.2) is 6.10 Å². The van der Waals surface area contributed by atoms with Crippen LogP contribution in [-0.4, -0.2) is 56.0 Å². The molecule has 0 saturated carbocycles. The summed E-state index contributed by atoms with van der Waals surface area (Å²) in [7, 11) is 3.43. The number of aliphatic hydroxyl groups excluding tert-OH is 1. The fraction of sp³-hybridized carbons (Fsp3) is 0.727. The van der Waals surface area contributed by atoms with Crippen molar-refractivity contribution in [2.24, 2.45) is 0 Å². The Morgan fingerprint density at radius 3 is 2.88 bits per heavy atom. The maximum atomic E-state index is 10.8. The van der Waals surface area contributed by atoms with E-state index in [2.05, 4.69) is 17.2 Å². The molecule has 0 aromatic heterocycles. The molecule has 5 nitrogen and oxygen atoms in total. The molecular formula is C11H20N2O3. The van der Waals surface area contributed by atoms with Crippen LogP contribution in [0, 0.1) is 11.8 Å². The summed E-state index contributed by atoms with van der Waals surface area (Å²) in [5.74, 6) is 5.73. The molecule has 0 aromatic carbocycles. The Kier molecular flexibility index (Phi) is 8.31. The SMILES string of the molecule is CNC(=O)OC(C)C#CCN(C)CCCO. The molecule has 0 heterocycles. The number of hydrogen-bond acceptors (Lipinski definition) is 4. The van der Waals surface area contributed by atoms with Gasteiger partial charge in [-0.05, 0) is 20.4 Å². The molecule has 2 N–H and O–H groups in total. The average molecular weight is 228 g/mol. The van der Waals surface area contributed by atoms with E-state index in [-0.39, 0.29) is 6.61 Å². The molecule has 1 unspecified atom stereocenters. The first kappa shape index (κ1) is 14.8. The summed E-state index contributed by atoms with van der Waals surface area (Å²) in [4.78, 5) is 12.8. The summed E-state index contributed by atoms with van der Waals surface area (Å²) in [6, 6.07) is 0. The van der Waals surface area contributed by atoms with Crippen molar-refractivity contribution >= 4 is 6.09 Å². The van der Waals surface area contributed by atoms with E-state index in [1.165, 1.54) is 7.05 Å². The van der Waals surface area contributed by atoms with Crippen molar-refractivity contribution in [3.8, 4) is 11.8 Å². The Bertz CT molecular complexity index is 258. The minimum absolute atomic E-state index is 0.188. The summed E-state index contributed by atoms with van der Waals surface area (Å²) in [6.45, 7) is 3.31. The predicted molar refractivity (Wildman–Crippen MR) is 62.0 cm³/mol. The molecule has 0 radical (unpaired) electrons. The number of rotatable bonds is 5. The van der Waals surface area contributed by atoms with Crippen LogP contribution in [-0.2, 0) is 4.74 Å². The fourth-order valence-corrected chi connectivity index (χ4v) is 0.993. The number of aliphatic hydroxyl groups is 1. The zero-order chi connectivity index (χ0) is 12.4. The molecule has 92 valence electrons. The highest BCUT2D eigenvalue weighted by atomic mass is 16.6. The number of ether oxygens (including phenoxy) is 1. The minimum atomic E-state index is -0.476. The van der Waals surface area contributed by atoms with Gasteiger partial charge in [0, 0.05) is 20.2 Å². The Morgan fingerprint density at radius 2 is 2.31 bits per heavy atom. The van der Waals surface area contributed by atoms with Crippen LogP contribution in [0.5, 0.6) is 0 Å². The first-order valence-corrected chi connectivity index (χ1v) is 5.26. The summed E-state index contributed by atoms with van der Waals surface area (Å²) in [5.41, 5.74) is 0. The van der Waals surface area contributed by atoms with Gasteiger partial charge in [0.25, 0.3) is 0 Å². The summed E-state index contributed by atoms with van der Waals surface area (Å²) in [5, 5.41) is 11.0. The number of nitrogens with one attached hydrogen (secondary N) is 1. The standard InChI is InChI=1S/C11H20N2O3/c1-10(16-11(15)12-2)6-4-7-13(3)8-5-9-14/h10,14H,5,7-9H2,1-3H3,(H,12,15). The molecule has 0 aromatic rings. The van der Waals surface area contributed by atoms with Crippen LogP contribution in [0.3, 0.4) is 0 Å². The largest absolute Gasteiger partial charge is 0.433 e. The first-order valence-electron chi connectivity index (χ1n) is 5.26. The van der Waals surface area contributed by atoms with Crippen LogP contribution in [0.25, 0.3) is 0 Å². The van der Waals surface area contributed by atoms with Crippen LogP contribution >= 0.6 is 0 Å². The quantitative estimate of drug-likeness (QED) is 0.653. The molecule has 1 amide bonds. The van der Waals surface area contributed by atoms with Crippen molar-refractivity contribution in [3.05, 3.63) is 0 Å². The predicted octanol–water partition coefficient (Wildman–Crippen LogP) is 0.0485. The van der Waals surface area contributed by atoms with Gasteiger partial charge >= 0.3 is 6.09 Å². The van der Waals surface area contributed by atoms with E-state index in [0.717, 1.165) is 13.0 Å². The van der Waals surface area contributed by atoms with Gasteiger partial charge in [-0.3, -0.25) is 4.90 Å². The number of carbonyl (C=O) groups excluding carboxylic acids is 1. The minimum Gasteiger partial charge on any atom is -0.433 e. The van der Waals surface area contributed by atoms with Crippen LogP contribution in [0.4, 0.5) is 4.79 Å². The number of amides is 1.